The van der Waals surface area contributed by atoms with Crippen LogP contribution < -0.4 is 5.73 Å². The molecule has 16 heavy (non-hydrogen) atoms. The van der Waals surface area contributed by atoms with Crippen molar-refractivity contribution in [1.29, 1.82) is 0 Å². The summed E-state index contributed by atoms with van der Waals surface area (Å²) in [5, 5.41) is 0.210. The summed E-state index contributed by atoms with van der Waals surface area (Å²) in [5.74, 6) is 0. The maximum absolute atomic E-state index is 12.1. The smallest absolute Gasteiger partial charge is 0.0540 e. The monoisotopic (exact) mass is 239 g/mol. The van der Waals surface area contributed by atoms with Crippen LogP contribution in [0.15, 0.2) is 30.3 Å². The van der Waals surface area contributed by atoms with Crippen molar-refractivity contribution >= 4 is 10.8 Å². The van der Waals surface area contributed by atoms with E-state index in [-0.39, 0.29) is 16.5 Å². The summed E-state index contributed by atoms with van der Waals surface area (Å²) >= 11 is 0. The van der Waals surface area contributed by atoms with Crippen LogP contribution in [-0.2, 0) is 10.8 Å². The third-order valence-corrected chi connectivity index (χ3v) is 4.90. The van der Waals surface area contributed by atoms with Crippen molar-refractivity contribution in [3.8, 4) is 0 Å². The molecule has 0 saturated carbocycles. The van der Waals surface area contributed by atoms with E-state index in [1.807, 2.05) is 51.1 Å². The lowest BCUT2D eigenvalue weighted by molar-refractivity contribution is 0.606. The van der Waals surface area contributed by atoms with Gasteiger partial charge in [-0.05, 0) is 12.0 Å². The first-order valence-corrected chi connectivity index (χ1v) is 7.05. The number of benzene rings is 1. The molecule has 2 N–H and O–H groups in total. The zero-order valence-electron chi connectivity index (χ0n) is 10.2. The molecular weight excluding hydrogens is 218 g/mol. The van der Waals surface area contributed by atoms with E-state index in [0.29, 0.717) is 0 Å². The van der Waals surface area contributed by atoms with E-state index in [2.05, 4.69) is 0 Å². The summed E-state index contributed by atoms with van der Waals surface area (Å²) in [4.78, 5) is 0. The van der Waals surface area contributed by atoms with Gasteiger partial charge in [-0.2, -0.15) is 0 Å². The van der Waals surface area contributed by atoms with Gasteiger partial charge in [0.05, 0.1) is 5.25 Å². The van der Waals surface area contributed by atoms with Crippen LogP contribution in [0, 0.1) is 0 Å². The zero-order chi connectivity index (χ0) is 12.1. The highest BCUT2D eigenvalue weighted by Gasteiger charge is 2.25. The van der Waals surface area contributed by atoms with Gasteiger partial charge in [-0.15, -0.1) is 0 Å². The molecule has 1 aromatic carbocycles. The fourth-order valence-corrected chi connectivity index (χ4v) is 3.28. The standard InChI is InChI=1S/C13H21NOS/c1-4-12(16(15)10(2)3)13(14)11-8-6-5-7-9-11/h5-10,12-13H,4,14H2,1-3H3. The van der Waals surface area contributed by atoms with Gasteiger partial charge in [0.2, 0.25) is 0 Å². The molecular formula is C13H21NOS. The van der Waals surface area contributed by atoms with Gasteiger partial charge in [0, 0.05) is 22.1 Å². The third-order valence-electron chi connectivity index (χ3n) is 2.75. The Bertz CT molecular complexity index is 337. The fraction of sp³-hybridized carbons (Fsp3) is 0.538. The molecule has 0 aliphatic carbocycles. The normalized spacial score (nSPS) is 17.1. The molecule has 0 saturated heterocycles. The quantitative estimate of drug-likeness (QED) is 0.858. The molecule has 90 valence electrons. The Hall–Kier alpha value is -0.670. The Morgan fingerprint density at radius 3 is 2.25 bits per heavy atom. The van der Waals surface area contributed by atoms with Gasteiger partial charge in [-0.3, -0.25) is 4.21 Å². The summed E-state index contributed by atoms with van der Waals surface area (Å²) in [5.41, 5.74) is 7.27. The van der Waals surface area contributed by atoms with Crippen molar-refractivity contribution in [2.45, 2.75) is 43.7 Å². The lowest BCUT2D eigenvalue weighted by Crippen LogP contribution is -2.33. The highest BCUT2D eigenvalue weighted by molar-refractivity contribution is 7.86. The number of rotatable bonds is 5. The van der Waals surface area contributed by atoms with Crippen LogP contribution in [0.1, 0.15) is 38.8 Å². The third kappa shape index (κ3) is 3.16. The molecule has 1 rings (SSSR count). The molecule has 0 aliphatic heterocycles. The van der Waals surface area contributed by atoms with Crippen LogP contribution in [0.5, 0.6) is 0 Å². The van der Waals surface area contributed by atoms with Crippen LogP contribution in [0.2, 0.25) is 0 Å². The minimum Gasteiger partial charge on any atom is -0.323 e. The number of hydrogen-bond acceptors (Lipinski definition) is 2. The summed E-state index contributed by atoms with van der Waals surface area (Å²) in [6.45, 7) is 6.01. The predicted octanol–water partition coefficient (Wildman–Crippen LogP) is 2.62. The van der Waals surface area contributed by atoms with Gasteiger partial charge in [-0.1, -0.05) is 51.1 Å². The molecule has 0 fully saturated rings. The summed E-state index contributed by atoms with van der Waals surface area (Å²) in [6, 6.07) is 9.79. The molecule has 3 unspecified atom stereocenters. The number of hydrogen-bond donors (Lipinski definition) is 1. The highest BCUT2D eigenvalue weighted by Crippen LogP contribution is 2.22. The van der Waals surface area contributed by atoms with Crippen LogP contribution in [-0.4, -0.2) is 14.7 Å². The van der Waals surface area contributed by atoms with E-state index in [1.165, 1.54) is 0 Å². The topological polar surface area (TPSA) is 43.1 Å². The van der Waals surface area contributed by atoms with Crippen molar-refractivity contribution in [3.63, 3.8) is 0 Å². The van der Waals surface area contributed by atoms with Gasteiger partial charge >= 0.3 is 0 Å². The highest BCUT2D eigenvalue weighted by atomic mass is 32.2. The second kappa shape index (κ2) is 6.16. The maximum atomic E-state index is 12.1. The molecule has 0 heterocycles. The average molecular weight is 239 g/mol. The molecule has 0 bridgehead atoms. The van der Waals surface area contributed by atoms with E-state index in [4.69, 9.17) is 5.73 Å². The molecule has 0 spiro atoms. The number of nitrogens with two attached hydrogens (primary N) is 1. The molecule has 3 atom stereocenters. The largest absolute Gasteiger partial charge is 0.323 e. The molecule has 0 radical (unpaired) electrons. The Morgan fingerprint density at radius 2 is 1.81 bits per heavy atom. The van der Waals surface area contributed by atoms with Gasteiger partial charge in [-0.25, -0.2) is 0 Å². The lowest BCUT2D eigenvalue weighted by Gasteiger charge is -2.24. The van der Waals surface area contributed by atoms with Crippen LogP contribution in [0.25, 0.3) is 0 Å². The first-order valence-electron chi connectivity index (χ1n) is 5.77. The lowest BCUT2D eigenvalue weighted by atomic mass is 10.0. The van der Waals surface area contributed by atoms with Crippen molar-refractivity contribution in [1.82, 2.24) is 0 Å². The van der Waals surface area contributed by atoms with Crippen LogP contribution >= 0.6 is 0 Å². The van der Waals surface area contributed by atoms with Crippen molar-refractivity contribution in [2.24, 2.45) is 5.73 Å². The second-order valence-electron chi connectivity index (χ2n) is 4.26. The van der Waals surface area contributed by atoms with E-state index in [9.17, 15) is 4.21 Å². The first-order chi connectivity index (χ1) is 7.57. The molecule has 3 heteroatoms. The predicted molar refractivity (Wildman–Crippen MR) is 70.7 cm³/mol. The molecule has 0 aromatic heterocycles. The van der Waals surface area contributed by atoms with Gasteiger partial charge in [0.25, 0.3) is 0 Å². The molecule has 1 aromatic rings. The summed E-state index contributed by atoms with van der Waals surface area (Å²) < 4.78 is 12.1. The van der Waals surface area contributed by atoms with Crippen LogP contribution in [0.4, 0.5) is 0 Å². The maximum Gasteiger partial charge on any atom is 0.0540 e. The van der Waals surface area contributed by atoms with E-state index < -0.39 is 10.8 Å². The van der Waals surface area contributed by atoms with Gasteiger partial charge in [0.1, 0.15) is 0 Å². The van der Waals surface area contributed by atoms with E-state index >= 15 is 0 Å². The Kier molecular flexibility index (Phi) is 5.16. The van der Waals surface area contributed by atoms with E-state index in [1.54, 1.807) is 0 Å². The summed E-state index contributed by atoms with van der Waals surface area (Å²) in [7, 11) is -0.865. The minimum atomic E-state index is -0.865. The zero-order valence-corrected chi connectivity index (χ0v) is 11.0. The fourth-order valence-electron chi connectivity index (χ4n) is 1.80. The average Bonchev–Trinajstić information content (AvgIpc) is 2.30. The SMILES string of the molecule is CCC(C(N)c1ccccc1)S(=O)C(C)C. The Balaban J connectivity index is 2.86. The first kappa shape index (κ1) is 13.4. The van der Waals surface area contributed by atoms with Gasteiger partial charge in [0.15, 0.2) is 0 Å². The van der Waals surface area contributed by atoms with Crippen molar-refractivity contribution < 1.29 is 4.21 Å². The molecule has 2 nitrogen and oxygen atoms in total. The second-order valence-corrected chi connectivity index (χ2v) is 6.47. The molecule has 0 aliphatic rings. The summed E-state index contributed by atoms with van der Waals surface area (Å²) in [6.07, 6.45) is 0.848. The van der Waals surface area contributed by atoms with Gasteiger partial charge < -0.3 is 5.73 Å². The Morgan fingerprint density at radius 1 is 1.25 bits per heavy atom. The van der Waals surface area contributed by atoms with E-state index in [0.717, 1.165) is 12.0 Å². The minimum absolute atomic E-state index is 0.0439. The van der Waals surface area contributed by atoms with Crippen LogP contribution in [0.3, 0.4) is 0 Å². The van der Waals surface area contributed by atoms with Crippen molar-refractivity contribution in [2.75, 3.05) is 0 Å². The molecule has 0 amide bonds. The Labute approximate surface area is 101 Å². The van der Waals surface area contributed by atoms with Crippen molar-refractivity contribution in [3.05, 3.63) is 35.9 Å².